The molecule has 0 atom stereocenters. The van der Waals surface area contributed by atoms with Gasteiger partial charge in [-0.2, -0.15) is 10.2 Å². The molecule has 1 aromatic carbocycles. The first-order valence-electron chi connectivity index (χ1n) is 5.03. The number of nitrogens with zero attached hydrogens (tertiary/aromatic N) is 3. The summed E-state index contributed by atoms with van der Waals surface area (Å²) in [5.74, 6) is 0.00826. The van der Waals surface area contributed by atoms with Crippen molar-refractivity contribution in [3.8, 4) is 23.2 Å². The summed E-state index contributed by atoms with van der Waals surface area (Å²) in [7, 11) is 0. The number of alkyl halides is 3. The van der Waals surface area contributed by atoms with Crippen molar-refractivity contribution >= 4 is 0 Å². The number of ether oxygens (including phenoxy) is 1. The Labute approximate surface area is 105 Å². The maximum absolute atomic E-state index is 12.0. The number of aromatic nitrogens is 2. The molecule has 1 aromatic heterocycles. The molecule has 2 aromatic rings. The summed E-state index contributed by atoms with van der Waals surface area (Å²) < 4.78 is 44.4. The minimum atomic E-state index is -4.73. The van der Waals surface area contributed by atoms with Gasteiger partial charge in [-0.15, -0.1) is 13.2 Å². The largest absolute Gasteiger partial charge is 0.573 e. The summed E-state index contributed by atoms with van der Waals surface area (Å²) in [6, 6.07) is 6.85. The second-order valence-electron chi connectivity index (χ2n) is 3.42. The van der Waals surface area contributed by atoms with Crippen molar-refractivity contribution in [2.24, 2.45) is 0 Å². The highest BCUT2D eigenvalue weighted by molar-refractivity contribution is 5.55. The number of rotatable bonds is 3. The zero-order valence-electron chi connectivity index (χ0n) is 9.31. The molecule has 0 aliphatic heterocycles. The van der Waals surface area contributed by atoms with Crippen LogP contribution in [-0.2, 0) is 6.42 Å². The van der Waals surface area contributed by atoms with Crippen LogP contribution >= 0.6 is 0 Å². The van der Waals surface area contributed by atoms with E-state index in [-0.39, 0.29) is 23.9 Å². The zero-order valence-corrected chi connectivity index (χ0v) is 9.31. The molecule has 5 nitrogen and oxygen atoms in total. The summed E-state index contributed by atoms with van der Waals surface area (Å²) in [5, 5.41) is 12.1. The molecule has 0 aliphatic rings. The fourth-order valence-electron chi connectivity index (χ4n) is 1.32. The van der Waals surface area contributed by atoms with Gasteiger partial charge in [-0.3, -0.25) is 0 Å². The van der Waals surface area contributed by atoms with Gasteiger partial charge in [-0.05, 0) is 24.3 Å². The minimum absolute atomic E-state index is 0.0255. The van der Waals surface area contributed by atoms with E-state index < -0.39 is 6.36 Å². The van der Waals surface area contributed by atoms with Gasteiger partial charge in [-0.25, -0.2) is 0 Å². The highest BCUT2D eigenvalue weighted by Gasteiger charge is 2.31. The van der Waals surface area contributed by atoms with Gasteiger partial charge < -0.3 is 9.26 Å². The topological polar surface area (TPSA) is 71.9 Å². The molecule has 0 fully saturated rings. The maximum atomic E-state index is 12.0. The summed E-state index contributed by atoms with van der Waals surface area (Å²) in [5.41, 5.74) is 0.461. The zero-order chi connectivity index (χ0) is 13.9. The van der Waals surface area contributed by atoms with Gasteiger partial charge in [-0.1, -0.05) is 5.16 Å². The van der Waals surface area contributed by atoms with Crippen LogP contribution in [0.4, 0.5) is 13.2 Å². The summed E-state index contributed by atoms with van der Waals surface area (Å²) >= 11 is 0. The molecule has 0 unspecified atom stereocenters. The molecular formula is C11H6F3N3O2. The molecule has 0 radical (unpaired) electrons. The van der Waals surface area contributed by atoms with Gasteiger partial charge in [0.25, 0.3) is 0 Å². The normalized spacial score (nSPS) is 11.1. The molecule has 98 valence electrons. The van der Waals surface area contributed by atoms with Crippen molar-refractivity contribution in [2.45, 2.75) is 12.8 Å². The van der Waals surface area contributed by atoms with Gasteiger partial charge in [0.05, 0.1) is 6.07 Å². The highest BCUT2D eigenvalue weighted by atomic mass is 19.4. The Bertz CT molecular complexity index is 599. The van der Waals surface area contributed by atoms with Crippen molar-refractivity contribution in [1.29, 1.82) is 5.26 Å². The van der Waals surface area contributed by atoms with Crippen LogP contribution in [0.2, 0.25) is 0 Å². The molecule has 19 heavy (non-hydrogen) atoms. The van der Waals surface area contributed by atoms with Crippen molar-refractivity contribution in [3.63, 3.8) is 0 Å². The van der Waals surface area contributed by atoms with E-state index in [1.54, 1.807) is 0 Å². The van der Waals surface area contributed by atoms with E-state index in [0.717, 1.165) is 12.1 Å². The van der Waals surface area contributed by atoms with E-state index in [2.05, 4.69) is 14.9 Å². The van der Waals surface area contributed by atoms with Gasteiger partial charge in [0.15, 0.2) is 0 Å². The predicted molar refractivity (Wildman–Crippen MR) is 55.7 cm³/mol. The van der Waals surface area contributed by atoms with Gasteiger partial charge >= 0.3 is 6.36 Å². The molecule has 8 heteroatoms. The number of halogens is 3. The van der Waals surface area contributed by atoms with Gasteiger partial charge in [0.2, 0.25) is 11.7 Å². The summed E-state index contributed by atoms with van der Waals surface area (Å²) in [6.07, 6.45) is -4.75. The Balaban J connectivity index is 2.15. The maximum Gasteiger partial charge on any atom is 0.573 e. The Morgan fingerprint density at radius 2 is 1.95 bits per heavy atom. The second-order valence-corrected chi connectivity index (χ2v) is 3.42. The molecule has 0 spiro atoms. The number of hydrogen-bond donors (Lipinski definition) is 0. The van der Waals surface area contributed by atoms with Crippen LogP contribution in [-0.4, -0.2) is 16.5 Å². The van der Waals surface area contributed by atoms with E-state index in [4.69, 9.17) is 9.78 Å². The Morgan fingerprint density at radius 3 is 2.53 bits per heavy atom. The van der Waals surface area contributed by atoms with E-state index in [9.17, 15) is 13.2 Å². The van der Waals surface area contributed by atoms with Crippen LogP contribution in [0.5, 0.6) is 5.75 Å². The first kappa shape index (κ1) is 12.9. The summed E-state index contributed by atoms with van der Waals surface area (Å²) in [4.78, 5) is 3.91. The lowest BCUT2D eigenvalue weighted by molar-refractivity contribution is -0.274. The molecular weight excluding hydrogens is 263 g/mol. The van der Waals surface area contributed by atoms with Crippen LogP contribution in [0.3, 0.4) is 0 Å². The smallest absolute Gasteiger partial charge is 0.406 e. The van der Waals surface area contributed by atoms with Crippen LogP contribution in [0.25, 0.3) is 11.4 Å². The van der Waals surface area contributed by atoms with Gasteiger partial charge in [0, 0.05) is 5.56 Å². The number of hydrogen-bond acceptors (Lipinski definition) is 5. The molecule has 0 saturated carbocycles. The Morgan fingerprint density at radius 1 is 1.26 bits per heavy atom. The minimum Gasteiger partial charge on any atom is -0.406 e. The average Bonchev–Trinajstić information content (AvgIpc) is 2.77. The highest BCUT2D eigenvalue weighted by Crippen LogP contribution is 2.25. The Hall–Kier alpha value is -2.56. The molecule has 0 saturated heterocycles. The van der Waals surface area contributed by atoms with E-state index >= 15 is 0 Å². The Kier molecular flexibility index (Phi) is 3.37. The molecule has 2 rings (SSSR count). The fraction of sp³-hybridized carbons (Fsp3) is 0.182. The monoisotopic (exact) mass is 269 g/mol. The molecule has 1 heterocycles. The standard InChI is InChI=1S/C11H6F3N3O2/c12-11(13,14)18-8-3-1-7(2-4-8)10-16-9(5-6-15)19-17-10/h1-4H,5H2. The second kappa shape index (κ2) is 4.97. The van der Waals surface area contributed by atoms with Crippen LogP contribution in [0.15, 0.2) is 28.8 Å². The lowest BCUT2D eigenvalue weighted by Crippen LogP contribution is -2.16. The quantitative estimate of drug-likeness (QED) is 0.856. The molecule has 0 N–H and O–H groups in total. The van der Waals surface area contributed by atoms with Crippen molar-refractivity contribution in [2.75, 3.05) is 0 Å². The van der Waals surface area contributed by atoms with E-state index in [1.165, 1.54) is 12.1 Å². The van der Waals surface area contributed by atoms with Crippen molar-refractivity contribution in [3.05, 3.63) is 30.2 Å². The molecule has 0 bridgehead atoms. The average molecular weight is 269 g/mol. The SMILES string of the molecule is N#CCc1nc(-c2ccc(OC(F)(F)F)cc2)no1. The van der Waals surface area contributed by atoms with E-state index in [1.807, 2.05) is 6.07 Å². The lowest BCUT2D eigenvalue weighted by atomic mass is 10.2. The third kappa shape index (κ3) is 3.45. The third-order valence-electron chi connectivity index (χ3n) is 2.04. The van der Waals surface area contributed by atoms with Crippen LogP contribution in [0, 0.1) is 11.3 Å². The van der Waals surface area contributed by atoms with Crippen LogP contribution in [0.1, 0.15) is 5.89 Å². The first-order chi connectivity index (χ1) is 8.98. The number of nitriles is 1. The lowest BCUT2D eigenvalue weighted by Gasteiger charge is -2.08. The van der Waals surface area contributed by atoms with E-state index in [0.29, 0.717) is 5.56 Å². The first-order valence-corrected chi connectivity index (χ1v) is 5.03. The van der Waals surface area contributed by atoms with Crippen LogP contribution < -0.4 is 4.74 Å². The predicted octanol–water partition coefficient (Wildman–Crippen LogP) is 2.70. The molecule has 0 aliphatic carbocycles. The third-order valence-corrected chi connectivity index (χ3v) is 2.04. The molecule has 0 amide bonds. The number of benzene rings is 1. The summed E-state index contributed by atoms with van der Waals surface area (Å²) in [6.45, 7) is 0. The van der Waals surface area contributed by atoms with Crippen molar-refractivity contribution in [1.82, 2.24) is 10.1 Å². The van der Waals surface area contributed by atoms with Crippen molar-refractivity contribution < 1.29 is 22.4 Å². The van der Waals surface area contributed by atoms with Gasteiger partial charge in [0.1, 0.15) is 12.2 Å². The fourth-order valence-corrected chi connectivity index (χ4v) is 1.32.